The number of aromatic nitrogens is 2. The smallest absolute Gasteiger partial charge is 0.0676 e. The molecule has 0 bridgehead atoms. The van der Waals surface area contributed by atoms with Gasteiger partial charge in [-0.1, -0.05) is 46.5 Å². The SMILES string of the molecule is CCCCC(CC)CC(NN)c1cc(C)nnc1CC. The van der Waals surface area contributed by atoms with Gasteiger partial charge in [0.25, 0.3) is 0 Å². The summed E-state index contributed by atoms with van der Waals surface area (Å²) in [5.41, 5.74) is 6.23. The summed E-state index contributed by atoms with van der Waals surface area (Å²) in [5, 5.41) is 8.47. The second-order valence-corrected chi connectivity index (χ2v) is 5.61. The first-order valence-electron chi connectivity index (χ1n) is 7.95. The molecular formula is C16H30N4. The van der Waals surface area contributed by atoms with Crippen molar-refractivity contribution in [3.63, 3.8) is 0 Å². The van der Waals surface area contributed by atoms with Crippen LogP contribution in [0.1, 0.15) is 75.9 Å². The summed E-state index contributed by atoms with van der Waals surface area (Å²) in [7, 11) is 0. The maximum Gasteiger partial charge on any atom is 0.0676 e. The van der Waals surface area contributed by atoms with Gasteiger partial charge in [-0.2, -0.15) is 10.2 Å². The Morgan fingerprint density at radius 3 is 2.55 bits per heavy atom. The van der Waals surface area contributed by atoms with Gasteiger partial charge in [0.15, 0.2) is 0 Å². The Bertz CT molecular complexity index is 392. The van der Waals surface area contributed by atoms with Crippen LogP contribution in [-0.2, 0) is 6.42 Å². The molecule has 0 saturated carbocycles. The summed E-state index contributed by atoms with van der Waals surface area (Å²) in [6.07, 6.45) is 7.01. The third-order valence-electron chi connectivity index (χ3n) is 4.05. The number of nitrogens with one attached hydrogen (secondary N) is 1. The first-order chi connectivity index (χ1) is 9.65. The lowest BCUT2D eigenvalue weighted by molar-refractivity contribution is 0.354. The molecule has 0 amide bonds. The van der Waals surface area contributed by atoms with E-state index in [-0.39, 0.29) is 6.04 Å². The van der Waals surface area contributed by atoms with E-state index in [1.807, 2.05) is 6.92 Å². The van der Waals surface area contributed by atoms with Gasteiger partial charge in [-0.05, 0) is 37.3 Å². The Hall–Kier alpha value is -1.00. The fourth-order valence-electron chi connectivity index (χ4n) is 2.71. The Labute approximate surface area is 123 Å². The number of rotatable bonds is 9. The molecule has 0 radical (unpaired) electrons. The zero-order chi connectivity index (χ0) is 15.0. The zero-order valence-corrected chi connectivity index (χ0v) is 13.4. The molecule has 2 atom stereocenters. The van der Waals surface area contributed by atoms with Gasteiger partial charge in [-0.3, -0.25) is 11.3 Å². The molecule has 0 fully saturated rings. The van der Waals surface area contributed by atoms with E-state index in [0.29, 0.717) is 5.92 Å². The number of aryl methyl sites for hydroxylation is 2. The minimum atomic E-state index is 0.181. The van der Waals surface area contributed by atoms with Gasteiger partial charge in [-0.25, -0.2) is 0 Å². The van der Waals surface area contributed by atoms with Gasteiger partial charge in [0, 0.05) is 6.04 Å². The van der Waals surface area contributed by atoms with Gasteiger partial charge in [-0.15, -0.1) is 0 Å². The van der Waals surface area contributed by atoms with Crippen molar-refractivity contribution in [2.24, 2.45) is 11.8 Å². The normalized spacial score (nSPS) is 14.2. The fourth-order valence-corrected chi connectivity index (χ4v) is 2.71. The second-order valence-electron chi connectivity index (χ2n) is 5.61. The Morgan fingerprint density at radius 1 is 1.25 bits per heavy atom. The Balaban J connectivity index is 2.86. The summed E-state index contributed by atoms with van der Waals surface area (Å²) in [4.78, 5) is 0. The van der Waals surface area contributed by atoms with Crippen LogP contribution >= 0.6 is 0 Å². The van der Waals surface area contributed by atoms with Crippen molar-refractivity contribution in [1.82, 2.24) is 15.6 Å². The van der Waals surface area contributed by atoms with Crippen LogP contribution in [-0.4, -0.2) is 10.2 Å². The lowest BCUT2D eigenvalue weighted by Crippen LogP contribution is -2.31. The minimum Gasteiger partial charge on any atom is -0.271 e. The lowest BCUT2D eigenvalue weighted by Gasteiger charge is -2.24. The molecule has 1 aromatic rings. The van der Waals surface area contributed by atoms with Crippen LogP contribution < -0.4 is 11.3 Å². The van der Waals surface area contributed by atoms with E-state index in [1.54, 1.807) is 0 Å². The first-order valence-corrected chi connectivity index (χ1v) is 7.95. The van der Waals surface area contributed by atoms with E-state index in [4.69, 9.17) is 5.84 Å². The molecule has 3 N–H and O–H groups in total. The molecule has 1 aromatic heterocycles. The molecule has 0 aliphatic rings. The molecule has 0 spiro atoms. The third kappa shape index (κ3) is 4.84. The van der Waals surface area contributed by atoms with Crippen LogP contribution in [0.15, 0.2) is 6.07 Å². The second kappa shape index (κ2) is 9.03. The molecule has 2 unspecified atom stereocenters. The summed E-state index contributed by atoms with van der Waals surface area (Å²) in [5.74, 6) is 6.53. The average Bonchev–Trinajstić information content (AvgIpc) is 2.47. The Morgan fingerprint density at radius 2 is 2.00 bits per heavy atom. The number of unbranched alkanes of at least 4 members (excludes halogenated alkanes) is 1. The maximum atomic E-state index is 5.81. The number of hydrogen-bond donors (Lipinski definition) is 2. The van der Waals surface area contributed by atoms with Gasteiger partial charge >= 0.3 is 0 Å². The first kappa shape index (κ1) is 17.1. The number of hydrogen-bond acceptors (Lipinski definition) is 4. The highest BCUT2D eigenvalue weighted by Gasteiger charge is 2.19. The molecule has 114 valence electrons. The molecule has 0 aromatic carbocycles. The predicted octanol–water partition coefficient (Wildman–Crippen LogP) is 3.46. The molecule has 1 rings (SSSR count). The van der Waals surface area contributed by atoms with Gasteiger partial charge < -0.3 is 0 Å². The largest absolute Gasteiger partial charge is 0.271 e. The van der Waals surface area contributed by atoms with Crippen LogP contribution in [0.4, 0.5) is 0 Å². The van der Waals surface area contributed by atoms with Crippen molar-refractivity contribution in [3.05, 3.63) is 23.0 Å². The maximum absolute atomic E-state index is 5.81. The Kier molecular flexibility index (Phi) is 7.70. The van der Waals surface area contributed by atoms with Gasteiger partial charge in [0.05, 0.1) is 11.4 Å². The van der Waals surface area contributed by atoms with Crippen LogP contribution in [0.3, 0.4) is 0 Å². The number of nitrogens with zero attached hydrogens (tertiary/aromatic N) is 2. The fraction of sp³-hybridized carbons (Fsp3) is 0.750. The van der Waals surface area contributed by atoms with Crippen molar-refractivity contribution in [2.75, 3.05) is 0 Å². The molecular weight excluding hydrogens is 248 g/mol. The third-order valence-corrected chi connectivity index (χ3v) is 4.05. The quantitative estimate of drug-likeness (QED) is 0.536. The lowest BCUT2D eigenvalue weighted by atomic mass is 9.88. The van der Waals surface area contributed by atoms with Crippen molar-refractivity contribution in [2.45, 2.75) is 72.3 Å². The van der Waals surface area contributed by atoms with Gasteiger partial charge in [0.1, 0.15) is 0 Å². The predicted molar refractivity (Wildman–Crippen MR) is 84.1 cm³/mol. The van der Waals surface area contributed by atoms with E-state index >= 15 is 0 Å². The average molecular weight is 278 g/mol. The van der Waals surface area contributed by atoms with E-state index in [9.17, 15) is 0 Å². The van der Waals surface area contributed by atoms with E-state index in [2.05, 4.69) is 42.5 Å². The standard InChI is InChI=1S/C16H30N4/c1-5-8-9-13(6-2)11-16(18-17)14-10-12(4)19-20-15(14)7-3/h10,13,16,18H,5-9,11,17H2,1-4H3. The van der Waals surface area contributed by atoms with E-state index < -0.39 is 0 Å². The molecule has 4 heteroatoms. The molecule has 4 nitrogen and oxygen atoms in total. The zero-order valence-electron chi connectivity index (χ0n) is 13.4. The highest BCUT2D eigenvalue weighted by Crippen LogP contribution is 2.28. The molecule has 0 aliphatic heterocycles. The number of hydrazine groups is 1. The van der Waals surface area contributed by atoms with Crippen molar-refractivity contribution in [1.29, 1.82) is 0 Å². The van der Waals surface area contributed by atoms with Crippen LogP contribution in [0.2, 0.25) is 0 Å². The summed E-state index contributed by atoms with van der Waals surface area (Å²) in [6.45, 7) is 8.62. The van der Waals surface area contributed by atoms with Crippen molar-refractivity contribution >= 4 is 0 Å². The van der Waals surface area contributed by atoms with Crippen LogP contribution in [0.5, 0.6) is 0 Å². The highest BCUT2D eigenvalue weighted by molar-refractivity contribution is 5.24. The van der Waals surface area contributed by atoms with E-state index in [1.165, 1.54) is 31.2 Å². The van der Waals surface area contributed by atoms with Crippen molar-refractivity contribution < 1.29 is 0 Å². The number of nitrogens with two attached hydrogens (primary N) is 1. The van der Waals surface area contributed by atoms with E-state index in [0.717, 1.165) is 24.2 Å². The van der Waals surface area contributed by atoms with Crippen LogP contribution in [0, 0.1) is 12.8 Å². The summed E-state index contributed by atoms with van der Waals surface area (Å²) in [6, 6.07) is 2.31. The minimum absolute atomic E-state index is 0.181. The molecule has 1 heterocycles. The topological polar surface area (TPSA) is 63.8 Å². The monoisotopic (exact) mass is 278 g/mol. The molecule has 0 saturated heterocycles. The summed E-state index contributed by atoms with van der Waals surface area (Å²) < 4.78 is 0. The molecule has 20 heavy (non-hydrogen) atoms. The highest BCUT2D eigenvalue weighted by atomic mass is 15.2. The molecule has 0 aliphatic carbocycles. The van der Waals surface area contributed by atoms with Crippen molar-refractivity contribution in [3.8, 4) is 0 Å². The summed E-state index contributed by atoms with van der Waals surface area (Å²) >= 11 is 0. The van der Waals surface area contributed by atoms with Crippen LogP contribution in [0.25, 0.3) is 0 Å². The van der Waals surface area contributed by atoms with Gasteiger partial charge in [0.2, 0.25) is 0 Å².